The van der Waals surface area contributed by atoms with Crippen molar-refractivity contribution in [3.05, 3.63) is 74.7 Å². The molecule has 0 aliphatic carbocycles. The molecule has 1 aromatic heterocycles. The summed E-state index contributed by atoms with van der Waals surface area (Å²) in [6.45, 7) is 5.64. The van der Waals surface area contributed by atoms with Crippen molar-refractivity contribution in [3.63, 3.8) is 0 Å². The molecule has 1 N–H and O–H groups in total. The van der Waals surface area contributed by atoms with Crippen LogP contribution in [0.25, 0.3) is 0 Å². The number of carbonyl (C=O) groups is 2. The van der Waals surface area contributed by atoms with Crippen molar-refractivity contribution in [2.75, 3.05) is 25.0 Å². The van der Waals surface area contributed by atoms with Gasteiger partial charge in [-0.15, -0.1) is 10.2 Å². The van der Waals surface area contributed by atoms with E-state index < -0.39 is 11.7 Å². The van der Waals surface area contributed by atoms with Gasteiger partial charge in [-0.3, -0.25) is 9.59 Å². The van der Waals surface area contributed by atoms with Crippen molar-refractivity contribution in [2.45, 2.75) is 77.1 Å². The Labute approximate surface area is 276 Å². The van der Waals surface area contributed by atoms with Crippen LogP contribution in [0, 0.1) is 5.92 Å². The lowest BCUT2D eigenvalue weighted by atomic mass is 9.94. The van der Waals surface area contributed by atoms with Crippen LogP contribution in [0.1, 0.15) is 62.6 Å². The molecule has 1 saturated heterocycles. The van der Waals surface area contributed by atoms with Gasteiger partial charge in [0.05, 0.1) is 5.56 Å². The van der Waals surface area contributed by atoms with E-state index >= 15 is 0 Å². The maximum atomic E-state index is 13.7. The first kappa shape index (κ1) is 35.0. The lowest BCUT2D eigenvalue weighted by Gasteiger charge is -2.47. The van der Waals surface area contributed by atoms with Gasteiger partial charge in [0.15, 0.2) is 0 Å². The minimum Gasteiger partial charge on any atom is -0.360 e. The number of aromatic nitrogens is 2. The Morgan fingerprint density at radius 1 is 1.00 bits per heavy atom. The molecular weight excluding hydrogens is 646 g/mol. The average Bonchev–Trinajstić information content (AvgIpc) is 3.51. The van der Waals surface area contributed by atoms with E-state index in [1.165, 1.54) is 23.5 Å². The molecule has 1 aliphatic rings. The summed E-state index contributed by atoms with van der Waals surface area (Å²) in [7, 11) is 0. The number of alkyl halides is 3. The minimum absolute atomic E-state index is 0.00806. The Balaban J connectivity index is 1.46. The zero-order valence-electron chi connectivity index (χ0n) is 25.3. The number of hydrogen-bond acceptors (Lipinski definition) is 6. The fourth-order valence-corrected chi connectivity index (χ4v) is 6.68. The molecule has 244 valence electrons. The first-order valence-corrected chi connectivity index (χ1v) is 16.7. The quantitative estimate of drug-likeness (QED) is 0.186. The standard InChI is InChI=1S/C32H38Cl2F3N5O2S/c1-21(2)16-27-19-41(30(44)14-9-23-8-12-25(33)17-28(23)34)26(4-3-15-38-31-40-39-20-45-31)18-42(27)29(43)13-7-22-5-10-24(11-6-22)32(35,36)37/h5-6,8,10-12,17,20-21,26-27H,3-4,7,9,13-16,18-19H2,1-2H3,(H,38,40)/t26-,27+/m0/s1. The van der Waals surface area contributed by atoms with Crippen LogP contribution in [0.2, 0.25) is 10.0 Å². The number of hydrogen-bond donors (Lipinski definition) is 1. The number of benzene rings is 2. The van der Waals surface area contributed by atoms with Crippen LogP contribution in [0.4, 0.5) is 18.3 Å². The minimum atomic E-state index is -4.40. The Morgan fingerprint density at radius 3 is 2.29 bits per heavy atom. The molecule has 0 bridgehead atoms. The number of nitrogens with zero attached hydrogens (tertiary/aromatic N) is 4. The van der Waals surface area contributed by atoms with E-state index in [-0.39, 0.29) is 42.7 Å². The van der Waals surface area contributed by atoms with Crippen LogP contribution >= 0.6 is 34.5 Å². The molecule has 1 aliphatic heterocycles. The number of nitrogens with one attached hydrogen (secondary N) is 1. The van der Waals surface area contributed by atoms with Gasteiger partial charge in [-0.2, -0.15) is 13.2 Å². The first-order valence-electron chi connectivity index (χ1n) is 15.1. The molecular formula is C32H38Cl2F3N5O2S. The van der Waals surface area contributed by atoms with Crippen LogP contribution in [0.3, 0.4) is 0 Å². The molecule has 0 spiro atoms. The highest BCUT2D eigenvalue weighted by Gasteiger charge is 2.38. The van der Waals surface area contributed by atoms with Gasteiger partial charge in [0.25, 0.3) is 0 Å². The second kappa shape index (κ2) is 16.1. The smallest absolute Gasteiger partial charge is 0.360 e. The molecule has 1 fully saturated rings. The molecule has 2 amide bonds. The lowest BCUT2D eigenvalue weighted by molar-refractivity contribution is -0.147. The Bertz CT molecular complexity index is 1410. The summed E-state index contributed by atoms with van der Waals surface area (Å²) in [5.74, 6) is 0.240. The molecule has 0 radical (unpaired) electrons. The largest absolute Gasteiger partial charge is 0.416 e. The third kappa shape index (κ3) is 10.3. The van der Waals surface area contributed by atoms with Gasteiger partial charge in [-0.25, -0.2) is 0 Å². The number of aryl methyl sites for hydroxylation is 2. The van der Waals surface area contributed by atoms with Crippen molar-refractivity contribution in [3.8, 4) is 0 Å². The average molecular weight is 685 g/mol. The topological polar surface area (TPSA) is 78.4 Å². The molecule has 2 aromatic carbocycles. The summed E-state index contributed by atoms with van der Waals surface area (Å²) < 4.78 is 39.0. The molecule has 4 rings (SSSR count). The van der Waals surface area contributed by atoms with Crippen LogP contribution in [0.5, 0.6) is 0 Å². The third-order valence-electron chi connectivity index (χ3n) is 7.96. The molecule has 13 heteroatoms. The van der Waals surface area contributed by atoms with Gasteiger partial charge in [-0.1, -0.05) is 66.6 Å². The molecule has 7 nitrogen and oxygen atoms in total. The second-order valence-electron chi connectivity index (χ2n) is 11.8. The molecule has 0 unspecified atom stereocenters. The van der Waals surface area contributed by atoms with Gasteiger partial charge >= 0.3 is 6.18 Å². The van der Waals surface area contributed by atoms with E-state index in [0.29, 0.717) is 54.5 Å². The van der Waals surface area contributed by atoms with E-state index in [0.717, 1.165) is 35.7 Å². The number of carbonyl (C=O) groups excluding carboxylic acids is 2. The molecule has 45 heavy (non-hydrogen) atoms. The maximum absolute atomic E-state index is 13.7. The zero-order valence-corrected chi connectivity index (χ0v) is 27.7. The zero-order chi connectivity index (χ0) is 32.6. The molecule has 2 heterocycles. The van der Waals surface area contributed by atoms with E-state index in [4.69, 9.17) is 23.2 Å². The number of piperazine rings is 1. The van der Waals surface area contributed by atoms with E-state index in [9.17, 15) is 22.8 Å². The van der Waals surface area contributed by atoms with E-state index in [2.05, 4.69) is 29.4 Å². The van der Waals surface area contributed by atoms with E-state index in [1.807, 2.05) is 15.9 Å². The third-order valence-corrected chi connectivity index (χ3v) is 9.20. The summed E-state index contributed by atoms with van der Waals surface area (Å²) in [4.78, 5) is 31.2. The van der Waals surface area contributed by atoms with Gasteiger partial charge in [-0.05, 0) is 73.4 Å². The van der Waals surface area contributed by atoms with Crippen LogP contribution in [-0.2, 0) is 28.6 Å². The predicted molar refractivity (Wildman–Crippen MR) is 173 cm³/mol. The van der Waals surface area contributed by atoms with Crippen molar-refractivity contribution >= 4 is 51.5 Å². The monoisotopic (exact) mass is 683 g/mol. The second-order valence-corrected chi connectivity index (χ2v) is 13.4. The van der Waals surface area contributed by atoms with Crippen molar-refractivity contribution in [1.82, 2.24) is 20.0 Å². The van der Waals surface area contributed by atoms with Crippen LogP contribution in [-0.4, -0.2) is 63.5 Å². The fraction of sp³-hybridized carbons (Fsp3) is 0.500. The Morgan fingerprint density at radius 2 is 1.67 bits per heavy atom. The summed E-state index contributed by atoms with van der Waals surface area (Å²) >= 11 is 13.8. The summed E-state index contributed by atoms with van der Waals surface area (Å²) in [5.41, 5.74) is 2.46. The normalized spacial score (nSPS) is 17.2. The van der Waals surface area contributed by atoms with Gasteiger partial charge in [0.1, 0.15) is 5.51 Å². The fourth-order valence-electron chi connectivity index (χ4n) is 5.70. The van der Waals surface area contributed by atoms with Crippen LogP contribution < -0.4 is 5.32 Å². The Kier molecular flexibility index (Phi) is 12.5. The molecule has 0 saturated carbocycles. The molecule has 2 atom stereocenters. The summed E-state index contributed by atoms with van der Waals surface area (Å²) in [5, 5.41) is 12.9. The predicted octanol–water partition coefficient (Wildman–Crippen LogP) is 7.78. The van der Waals surface area contributed by atoms with Crippen LogP contribution in [0.15, 0.2) is 48.0 Å². The lowest BCUT2D eigenvalue weighted by Crippen LogP contribution is -2.61. The van der Waals surface area contributed by atoms with Gasteiger partial charge in [0.2, 0.25) is 16.9 Å². The highest BCUT2D eigenvalue weighted by Crippen LogP contribution is 2.30. The van der Waals surface area contributed by atoms with Gasteiger partial charge < -0.3 is 15.1 Å². The highest BCUT2D eigenvalue weighted by atomic mass is 35.5. The number of halogens is 5. The highest BCUT2D eigenvalue weighted by molar-refractivity contribution is 7.13. The van der Waals surface area contributed by atoms with Crippen molar-refractivity contribution in [2.24, 2.45) is 5.92 Å². The number of anilines is 1. The first-order chi connectivity index (χ1) is 21.4. The van der Waals surface area contributed by atoms with Crippen molar-refractivity contribution < 1.29 is 22.8 Å². The van der Waals surface area contributed by atoms with E-state index in [1.54, 1.807) is 17.6 Å². The van der Waals surface area contributed by atoms with Crippen molar-refractivity contribution in [1.29, 1.82) is 0 Å². The Hall–Kier alpha value is -2.89. The number of rotatable bonds is 13. The summed E-state index contributed by atoms with van der Waals surface area (Å²) in [6, 6.07) is 9.88. The maximum Gasteiger partial charge on any atom is 0.416 e. The summed E-state index contributed by atoms with van der Waals surface area (Å²) in [6.07, 6.45) is -0.992. The molecule has 3 aromatic rings. The number of amides is 2. The SMILES string of the molecule is CC(C)C[C@@H]1CN(C(=O)CCc2ccc(Cl)cc2Cl)[C@@H](CCCNc2nncs2)CN1C(=O)CCc1ccc(C(F)(F)F)cc1. The van der Waals surface area contributed by atoms with Gasteiger partial charge in [0, 0.05) is 54.6 Å².